The van der Waals surface area contributed by atoms with Gasteiger partial charge in [0.2, 0.25) is 0 Å². The van der Waals surface area contributed by atoms with Crippen molar-refractivity contribution < 1.29 is 14.6 Å². The van der Waals surface area contributed by atoms with Gasteiger partial charge in [-0.2, -0.15) is 0 Å². The van der Waals surface area contributed by atoms with E-state index < -0.39 is 0 Å². The SMILES string of the molecule is COc1cc(N(C)CCCO)ccc1C=O. The number of benzene rings is 1. The van der Waals surface area contributed by atoms with Crippen LogP contribution in [0.3, 0.4) is 0 Å². The van der Waals surface area contributed by atoms with Crippen LogP contribution in [0.4, 0.5) is 5.69 Å². The molecule has 4 heteroatoms. The Labute approximate surface area is 95.5 Å². The third-order valence-electron chi connectivity index (χ3n) is 2.44. The topological polar surface area (TPSA) is 49.8 Å². The van der Waals surface area contributed by atoms with Crippen LogP contribution < -0.4 is 9.64 Å². The molecule has 1 aromatic rings. The number of carbonyl (C=O) groups excluding carboxylic acids is 1. The number of methoxy groups -OCH3 is 1. The standard InChI is InChI=1S/C12H17NO3/c1-13(6-3-7-14)11-5-4-10(9-15)12(8-11)16-2/h4-5,8-9,14H,3,6-7H2,1-2H3. The van der Waals surface area contributed by atoms with Crippen molar-refractivity contribution in [2.45, 2.75) is 6.42 Å². The molecular weight excluding hydrogens is 206 g/mol. The van der Waals surface area contributed by atoms with E-state index in [0.29, 0.717) is 17.7 Å². The third-order valence-corrected chi connectivity index (χ3v) is 2.44. The average molecular weight is 223 g/mol. The molecule has 0 radical (unpaired) electrons. The smallest absolute Gasteiger partial charge is 0.153 e. The monoisotopic (exact) mass is 223 g/mol. The Morgan fingerprint density at radius 2 is 2.25 bits per heavy atom. The van der Waals surface area contributed by atoms with E-state index in [0.717, 1.165) is 18.5 Å². The van der Waals surface area contributed by atoms with Crippen molar-refractivity contribution in [1.82, 2.24) is 0 Å². The van der Waals surface area contributed by atoms with E-state index in [1.54, 1.807) is 13.2 Å². The minimum atomic E-state index is 0.175. The summed E-state index contributed by atoms with van der Waals surface area (Å²) in [6.07, 6.45) is 1.49. The Kier molecular flexibility index (Phi) is 4.79. The van der Waals surface area contributed by atoms with Crippen LogP contribution in [0.2, 0.25) is 0 Å². The summed E-state index contributed by atoms with van der Waals surface area (Å²) in [6, 6.07) is 5.42. The fourth-order valence-electron chi connectivity index (χ4n) is 1.47. The summed E-state index contributed by atoms with van der Waals surface area (Å²) < 4.78 is 5.12. The van der Waals surface area contributed by atoms with Gasteiger partial charge in [0.1, 0.15) is 5.75 Å². The molecule has 0 atom stereocenters. The number of aliphatic hydroxyl groups excluding tert-OH is 1. The van der Waals surface area contributed by atoms with Gasteiger partial charge in [-0.15, -0.1) is 0 Å². The number of carbonyl (C=O) groups is 1. The van der Waals surface area contributed by atoms with Gasteiger partial charge in [0, 0.05) is 32.0 Å². The lowest BCUT2D eigenvalue weighted by Gasteiger charge is -2.19. The predicted octanol–water partition coefficient (Wildman–Crippen LogP) is 1.33. The molecule has 0 saturated carbocycles. The van der Waals surface area contributed by atoms with E-state index in [4.69, 9.17) is 9.84 Å². The molecule has 0 heterocycles. The van der Waals surface area contributed by atoms with Crippen LogP contribution >= 0.6 is 0 Å². The van der Waals surface area contributed by atoms with Gasteiger partial charge >= 0.3 is 0 Å². The number of rotatable bonds is 6. The van der Waals surface area contributed by atoms with Gasteiger partial charge in [0.25, 0.3) is 0 Å². The van der Waals surface area contributed by atoms with Crippen LogP contribution in [0, 0.1) is 0 Å². The highest BCUT2D eigenvalue weighted by atomic mass is 16.5. The molecule has 0 spiro atoms. The lowest BCUT2D eigenvalue weighted by atomic mass is 10.2. The summed E-state index contributed by atoms with van der Waals surface area (Å²) in [7, 11) is 3.48. The predicted molar refractivity (Wildman–Crippen MR) is 63.4 cm³/mol. The number of aliphatic hydroxyl groups is 1. The summed E-state index contributed by atoms with van der Waals surface area (Å²) in [5, 5.41) is 8.75. The molecule has 0 bridgehead atoms. The second kappa shape index (κ2) is 6.12. The number of ether oxygens (including phenoxy) is 1. The van der Waals surface area contributed by atoms with Crippen molar-refractivity contribution in [3.63, 3.8) is 0 Å². The number of nitrogens with zero attached hydrogens (tertiary/aromatic N) is 1. The fourth-order valence-corrected chi connectivity index (χ4v) is 1.47. The van der Waals surface area contributed by atoms with Crippen molar-refractivity contribution in [2.24, 2.45) is 0 Å². The highest BCUT2D eigenvalue weighted by molar-refractivity contribution is 5.80. The van der Waals surface area contributed by atoms with Crippen molar-refractivity contribution in [3.8, 4) is 5.75 Å². The van der Waals surface area contributed by atoms with Crippen LogP contribution in [0.25, 0.3) is 0 Å². The van der Waals surface area contributed by atoms with Gasteiger partial charge in [-0.3, -0.25) is 4.79 Å². The Morgan fingerprint density at radius 3 is 2.81 bits per heavy atom. The van der Waals surface area contributed by atoms with Crippen LogP contribution in [-0.2, 0) is 0 Å². The highest BCUT2D eigenvalue weighted by Gasteiger charge is 2.06. The first-order valence-electron chi connectivity index (χ1n) is 5.18. The Bertz CT molecular complexity index is 352. The van der Waals surface area contributed by atoms with E-state index in [1.165, 1.54) is 0 Å². The largest absolute Gasteiger partial charge is 0.496 e. The number of hydrogen-bond acceptors (Lipinski definition) is 4. The maximum absolute atomic E-state index is 10.7. The summed E-state index contributed by atoms with van der Waals surface area (Å²) >= 11 is 0. The lowest BCUT2D eigenvalue weighted by Crippen LogP contribution is -2.19. The van der Waals surface area contributed by atoms with E-state index in [1.807, 2.05) is 24.1 Å². The molecule has 0 aliphatic rings. The minimum absolute atomic E-state index is 0.175. The van der Waals surface area contributed by atoms with Gasteiger partial charge in [-0.05, 0) is 18.6 Å². The molecule has 0 aromatic heterocycles. The molecule has 0 aliphatic heterocycles. The molecule has 88 valence electrons. The van der Waals surface area contributed by atoms with Crippen LogP contribution in [0.1, 0.15) is 16.8 Å². The summed E-state index contributed by atoms with van der Waals surface area (Å²) in [6.45, 7) is 0.938. The molecular formula is C12H17NO3. The number of hydrogen-bond donors (Lipinski definition) is 1. The van der Waals surface area contributed by atoms with Gasteiger partial charge in [-0.25, -0.2) is 0 Å². The first-order chi connectivity index (χ1) is 7.72. The molecule has 0 amide bonds. The van der Waals surface area contributed by atoms with E-state index >= 15 is 0 Å². The van der Waals surface area contributed by atoms with Crippen LogP contribution in [0.5, 0.6) is 5.75 Å². The Balaban J connectivity index is 2.85. The maximum atomic E-state index is 10.7. The van der Waals surface area contributed by atoms with Gasteiger partial charge in [0.15, 0.2) is 6.29 Å². The van der Waals surface area contributed by atoms with Crippen molar-refractivity contribution in [1.29, 1.82) is 0 Å². The molecule has 16 heavy (non-hydrogen) atoms. The fraction of sp³-hybridized carbons (Fsp3) is 0.417. The quantitative estimate of drug-likeness (QED) is 0.739. The summed E-state index contributed by atoms with van der Waals surface area (Å²) in [4.78, 5) is 12.7. The molecule has 1 N–H and O–H groups in total. The molecule has 0 aliphatic carbocycles. The molecule has 4 nitrogen and oxygen atoms in total. The maximum Gasteiger partial charge on any atom is 0.153 e. The normalized spacial score (nSPS) is 9.94. The first kappa shape index (κ1) is 12.5. The molecule has 0 fully saturated rings. The zero-order valence-electron chi connectivity index (χ0n) is 9.64. The molecule has 0 unspecified atom stereocenters. The third kappa shape index (κ3) is 2.97. The van der Waals surface area contributed by atoms with Crippen molar-refractivity contribution in [2.75, 3.05) is 32.2 Å². The Hall–Kier alpha value is -1.55. The molecule has 0 saturated heterocycles. The average Bonchev–Trinajstić information content (AvgIpc) is 2.34. The number of anilines is 1. The van der Waals surface area contributed by atoms with Crippen molar-refractivity contribution >= 4 is 12.0 Å². The second-order valence-corrected chi connectivity index (χ2v) is 3.54. The summed E-state index contributed by atoms with van der Waals surface area (Å²) in [5.41, 5.74) is 1.51. The second-order valence-electron chi connectivity index (χ2n) is 3.54. The first-order valence-corrected chi connectivity index (χ1v) is 5.18. The zero-order valence-corrected chi connectivity index (χ0v) is 9.64. The van der Waals surface area contributed by atoms with E-state index in [2.05, 4.69) is 0 Å². The van der Waals surface area contributed by atoms with Gasteiger partial charge < -0.3 is 14.7 Å². The molecule has 1 rings (SSSR count). The van der Waals surface area contributed by atoms with Gasteiger partial charge in [-0.1, -0.05) is 0 Å². The van der Waals surface area contributed by atoms with Gasteiger partial charge in [0.05, 0.1) is 12.7 Å². The lowest BCUT2D eigenvalue weighted by molar-refractivity contribution is 0.112. The van der Waals surface area contributed by atoms with E-state index in [-0.39, 0.29) is 6.61 Å². The van der Waals surface area contributed by atoms with Crippen molar-refractivity contribution in [3.05, 3.63) is 23.8 Å². The summed E-state index contributed by atoms with van der Waals surface area (Å²) in [5.74, 6) is 0.573. The number of aldehydes is 1. The molecule has 1 aromatic carbocycles. The highest BCUT2D eigenvalue weighted by Crippen LogP contribution is 2.23. The van der Waals surface area contributed by atoms with Crippen LogP contribution in [-0.4, -0.2) is 38.7 Å². The Morgan fingerprint density at radius 1 is 1.50 bits per heavy atom. The minimum Gasteiger partial charge on any atom is -0.496 e. The van der Waals surface area contributed by atoms with Crippen LogP contribution in [0.15, 0.2) is 18.2 Å². The zero-order chi connectivity index (χ0) is 12.0. The van der Waals surface area contributed by atoms with E-state index in [9.17, 15) is 4.79 Å².